The topological polar surface area (TPSA) is 48.1 Å². The molecule has 204 valence electrons. The number of benzene rings is 3. The highest BCUT2D eigenvalue weighted by Crippen LogP contribution is 2.33. The summed E-state index contributed by atoms with van der Waals surface area (Å²) >= 11 is 0. The zero-order chi connectivity index (χ0) is 27.6. The van der Waals surface area contributed by atoms with Crippen LogP contribution in [0.5, 0.6) is 0 Å². The molecule has 0 saturated heterocycles. The fourth-order valence-corrected chi connectivity index (χ4v) is 5.94. The van der Waals surface area contributed by atoms with Gasteiger partial charge in [0.2, 0.25) is 5.91 Å². The lowest BCUT2D eigenvalue weighted by atomic mass is 9.87. The Labute approximate surface area is 237 Å². The number of fused-ring (bicyclic) bond motifs is 5. The molecular weight excluding hydrogens is 490 g/mol. The van der Waals surface area contributed by atoms with Crippen LogP contribution in [0.25, 0.3) is 23.1 Å². The van der Waals surface area contributed by atoms with Gasteiger partial charge in [0, 0.05) is 47.9 Å². The maximum absolute atomic E-state index is 14.2. The summed E-state index contributed by atoms with van der Waals surface area (Å²) in [5.74, 6) is 0.598. The van der Waals surface area contributed by atoms with Crippen LogP contribution in [0.15, 0.2) is 84.1 Å². The van der Waals surface area contributed by atoms with Gasteiger partial charge in [0.1, 0.15) is 6.04 Å². The van der Waals surface area contributed by atoms with Crippen LogP contribution >= 0.6 is 0 Å². The number of carbonyl (C=O) groups is 1. The molecule has 1 aliphatic carbocycles. The highest BCUT2D eigenvalue weighted by atomic mass is 16.2. The van der Waals surface area contributed by atoms with E-state index in [0.717, 1.165) is 53.7 Å². The number of rotatable bonds is 4. The molecule has 0 radical (unpaired) electrons. The summed E-state index contributed by atoms with van der Waals surface area (Å²) in [6.45, 7) is 4.46. The molecule has 2 N–H and O–H groups in total. The first kappa shape index (κ1) is 26.2. The van der Waals surface area contributed by atoms with Gasteiger partial charge in [-0.1, -0.05) is 80.1 Å². The van der Waals surface area contributed by atoms with Gasteiger partial charge in [-0.3, -0.25) is 4.79 Å². The minimum absolute atomic E-state index is 0.0888. The first-order chi connectivity index (χ1) is 19.5. The number of aromatic nitrogens is 1. The Hall–Kier alpha value is -4.05. The second-order valence-electron chi connectivity index (χ2n) is 11.5. The summed E-state index contributed by atoms with van der Waals surface area (Å²) in [6.07, 6.45) is 10.3. The Balaban J connectivity index is 1.39. The Morgan fingerprint density at radius 1 is 1.00 bits per heavy atom. The van der Waals surface area contributed by atoms with Crippen LogP contribution in [0.1, 0.15) is 73.4 Å². The standard InChI is InChI=1S/C36H39N3O/c1-4-24(2)27-16-18-29(19-17-27)39(3)36(40)35-22-26-10-7-9-25(21-26)15-20-33-31(23-34(38-35)28-11-8-12-28)30-13-5-6-14-32(30)37-33/h5-7,9-10,13-21,24,35,37-38H,4,8,11-12,22-23H2,1-3H3/b20-15-. The van der Waals surface area contributed by atoms with Crippen LogP contribution in [0.4, 0.5) is 5.69 Å². The number of likely N-dealkylation sites (N-methyl/N-ethyl adjacent to an activating group) is 1. The van der Waals surface area contributed by atoms with Crippen LogP contribution in [-0.4, -0.2) is 24.0 Å². The van der Waals surface area contributed by atoms with Crippen molar-refractivity contribution in [1.82, 2.24) is 10.3 Å². The van der Waals surface area contributed by atoms with Crippen LogP contribution in [-0.2, 0) is 17.6 Å². The number of nitrogens with zero attached hydrogens (tertiary/aromatic N) is 1. The Morgan fingerprint density at radius 3 is 2.55 bits per heavy atom. The zero-order valence-electron chi connectivity index (χ0n) is 23.8. The Morgan fingerprint density at radius 2 is 1.80 bits per heavy atom. The average Bonchev–Trinajstić information content (AvgIpc) is 3.30. The smallest absolute Gasteiger partial charge is 0.249 e. The van der Waals surface area contributed by atoms with Crippen molar-refractivity contribution >= 4 is 34.6 Å². The van der Waals surface area contributed by atoms with Crippen LogP contribution in [0, 0.1) is 0 Å². The number of allylic oxidation sites excluding steroid dienone is 2. The molecule has 2 aliphatic rings. The molecule has 1 aliphatic heterocycles. The summed E-state index contributed by atoms with van der Waals surface area (Å²) in [6, 6.07) is 25.2. The zero-order valence-corrected chi connectivity index (χ0v) is 23.8. The molecule has 2 atom stereocenters. The summed E-state index contributed by atoms with van der Waals surface area (Å²) < 4.78 is 0. The van der Waals surface area contributed by atoms with E-state index in [1.807, 2.05) is 11.9 Å². The summed E-state index contributed by atoms with van der Waals surface area (Å²) in [7, 11) is 1.91. The normalized spacial score (nSPS) is 18.5. The third kappa shape index (κ3) is 5.23. The second kappa shape index (κ2) is 11.2. The molecule has 6 rings (SSSR count). The van der Waals surface area contributed by atoms with Crippen molar-refractivity contribution in [2.75, 3.05) is 11.9 Å². The number of anilines is 1. The Kier molecular flexibility index (Phi) is 7.34. The Bertz CT molecular complexity index is 1580. The van der Waals surface area contributed by atoms with Gasteiger partial charge in [-0.05, 0) is 78.1 Å². The minimum atomic E-state index is -0.366. The van der Waals surface area contributed by atoms with Crippen LogP contribution in [0.3, 0.4) is 0 Å². The van der Waals surface area contributed by atoms with Gasteiger partial charge in [0.15, 0.2) is 0 Å². The average molecular weight is 530 g/mol. The number of amides is 1. The van der Waals surface area contributed by atoms with Crippen LogP contribution < -0.4 is 10.2 Å². The highest BCUT2D eigenvalue weighted by molar-refractivity contribution is 5.97. The lowest BCUT2D eigenvalue weighted by Crippen LogP contribution is -2.47. The molecule has 2 unspecified atom stereocenters. The van der Waals surface area contributed by atoms with Crippen molar-refractivity contribution < 1.29 is 4.79 Å². The van der Waals surface area contributed by atoms with Crippen molar-refractivity contribution in [1.29, 1.82) is 0 Å². The fourth-order valence-electron chi connectivity index (χ4n) is 5.94. The number of H-pyrrole nitrogens is 1. The largest absolute Gasteiger partial charge is 0.377 e. The van der Waals surface area contributed by atoms with Crippen LogP contribution in [0.2, 0.25) is 0 Å². The van der Waals surface area contributed by atoms with E-state index < -0.39 is 0 Å². The summed E-state index contributed by atoms with van der Waals surface area (Å²) in [5.41, 5.74) is 10.8. The molecule has 1 fully saturated rings. The number of hydrogen-bond acceptors (Lipinski definition) is 2. The first-order valence-electron chi connectivity index (χ1n) is 14.7. The maximum atomic E-state index is 14.2. The van der Waals surface area contributed by atoms with E-state index in [9.17, 15) is 4.79 Å². The second-order valence-corrected chi connectivity index (χ2v) is 11.5. The highest BCUT2D eigenvalue weighted by Gasteiger charge is 2.27. The van der Waals surface area contributed by atoms with Crippen molar-refractivity contribution in [3.05, 3.63) is 112 Å². The lowest BCUT2D eigenvalue weighted by Gasteiger charge is -2.30. The molecule has 2 heterocycles. The number of nitrogens with one attached hydrogen (secondary N) is 2. The van der Waals surface area contributed by atoms with E-state index in [4.69, 9.17) is 0 Å². The van der Waals surface area contributed by atoms with Crippen molar-refractivity contribution in [2.24, 2.45) is 0 Å². The predicted octanol–water partition coefficient (Wildman–Crippen LogP) is 8.01. The maximum Gasteiger partial charge on any atom is 0.249 e. The fraction of sp³-hybridized carbons (Fsp3) is 0.306. The van der Waals surface area contributed by atoms with E-state index in [0.29, 0.717) is 12.3 Å². The van der Waals surface area contributed by atoms with Crippen molar-refractivity contribution in [2.45, 2.75) is 64.3 Å². The van der Waals surface area contributed by atoms with Crippen molar-refractivity contribution in [3.63, 3.8) is 0 Å². The molecule has 4 heteroatoms. The van der Waals surface area contributed by atoms with Crippen molar-refractivity contribution in [3.8, 4) is 0 Å². The quantitative estimate of drug-likeness (QED) is 0.281. The molecule has 0 spiro atoms. The van der Waals surface area contributed by atoms with Gasteiger partial charge in [-0.15, -0.1) is 0 Å². The number of carbonyl (C=O) groups excluding carboxylic acids is 1. The third-order valence-electron chi connectivity index (χ3n) is 8.86. The molecule has 4 nitrogen and oxygen atoms in total. The molecule has 40 heavy (non-hydrogen) atoms. The van der Waals surface area contributed by atoms with Gasteiger partial charge in [-0.25, -0.2) is 0 Å². The summed E-state index contributed by atoms with van der Waals surface area (Å²) in [4.78, 5) is 19.7. The minimum Gasteiger partial charge on any atom is -0.377 e. The van der Waals surface area contributed by atoms with E-state index >= 15 is 0 Å². The van der Waals surface area contributed by atoms with E-state index in [2.05, 4.69) is 109 Å². The molecule has 4 aromatic rings. The number of aromatic amines is 1. The van der Waals surface area contributed by atoms with E-state index in [1.54, 1.807) is 0 Å². The van der Waals surface area contributed by atoms with Gasteiger partial charge in [0.25, 0.3) is 0 Å². The van der Waals surface area contributed by atoms with E-state index in [1.165, 1.54) is 34.2 Å². The third-order valence-corrected chi connectivity index (χ3v) is 8.86. The summed E-state index contributed by atoms with van der Waals surface area (Å²) in [5, 5.41) is 5.06. The van der Waals surface area contributed by atoms with Gasteiger partial charge in [-0.2, -0.15) is 0 Å². The van der Waals surface area contributed by atoms with Gasteiger partial charge >= 0.3 is 0 Å². The molecule has 1 amide bonds. The molecule has 2 bridgehead atoms. The molecular formula is C36H39N3O. The lowest BCUT2D eigenvalue weighted by molar-refractivity contribution is -0.120. The molecule has 1 aromatic heterocycles. The van der Waals surface area contributed by atoms with Gasteiger partial charge < -0.3 is 15.2 Å². The number of para-hydroxylation sites is 1. The van der Waals surface area contributed by atoms with Gasteiger partial charge in [0.05, 0.1) is 0 Å². The SMILES string of the molecule is CCC(C)c1ccc(N(C)C(=O)C2Cc3cccc(c3)/C=C\c3[nH]c4ccccc4c3CC(=C3CCC3)N2)cc1. The first-order valence-corrected chi connectivity index (χ1v) is 14.7. The molecule has 1 saturated carbocycles. The van der Waals surface area contributed by atoms with E-state index in [-0.39, 0.29) is 11.9 Å². The predicted molar refractivity (Wildman–Crippen MR) is 167 cm³/mol. The molecule has 3 aromatic carbocycles. The number of hydrogen-bond donors (Lipinski definition) is 2. The monoisotopic (exact) mass is 529 g/mol.